The summed E-state index contributed by atoms with van der Waals surface area (Å²) in [6.45, 7) is 1.53. The lowest BCUT2D eigenvalue weighted by Gasteiger charge is -2.23. The van der Waals surface area contributed by atoms with Crippen LogP contribution < -0.4 is 5.32 Å². The molecule has 74 valence electrons. The monoisotopic (exact) mass is 208 g/mol. The van der Waals surface area contributed by atoms with E-state index in [-0.39, 0.29) is 6.03 Å². The number of carbonyl (C=O) groups excluding carboxylic acids is 1. The zero-order valence-corrected chi connectivity index (χ0v) is 8.59. The van der Waals surface area contributed by atoms with Crippen LogP contribution in [-0.2, 0) is 0 Å². The Morgan fingerprint density at radius 3 is 3.07 bits per heavy atom. The third kappa shape index (κ3) is 2.14. The predicted molar refractivity (Wildman–Crippen MR) is 58.7 cm³/mol. The minimum absolute atomic E-state index is 0.00296. The summed E-state index contributed by atoms with van der Waals surface area (Å²) < 4.78 is 0. The topological polar surface area (TPSA) is 32.3 Å². The molecule has 4 heteroatoms. The summed E-state index contributed by atoms with van der Waals surface area (Å²) in [5.41, 5.74) is 0. The summed E-state index contributed by atoms with van der Waals surface area (Å²) >= 11 is 1.54. The number of nitrogens with zero attached hydrogens (tertiary/aromatic N) is 1. The fraction of sp³-hybridized carbons (Fsp3) is 0.300. The molecule has 0 unspecified atom stereocenters. The normalized spacial score (nSPS) is 15.6. The molecule has 0 saturated carbocycles. The Balaban J connectivity index is 1.92. The second kappa shape index (κ2) is 4.28. The molecule has 1 aliphatic heterocycles. The molecule has 1 aliphatic rings. The fourth-order valence-electron chi connectivity index (χ4n) is 1.36. The van der Waals surface area contributed by atoms with E-state index in [0.29, 0.717) is 0 Å². The average Bonchev–Trinajstić information content (AvgIpc) is 2.72. The first-order chi connectivity index (χ1) is 6.86. The summed E-state index contributed by atoms with van der Waals surface area (Å²) in [7, 11) is 0. The summed E-state index contributed by atoms with van der Waals surface area (Å²) in [5.74, 6) is 0. The number of hydrogen-bond donors (Lipinski definition) is 1. The molecule has 2 rings (SSSR count). The lowest BCUT2D eigenvalue weighted by molar-refractivity contribution is 0.216. The first-order valence-corrected chi connectivity index (χ1v) is 5.48. The van der Waals surface area contributed by atoms with Crippen LogP contribution in [0.2, 0.25) is 0 Å². The van der Waals surface area contributed by atoms with Crippen molar-refractivity contribution < 1.29 is 4.79 Å². The van der Waals surface area contributed by atoms with Crippen molar-refractivity contribution in [2.75, 3.05) is 18.4 Å². The summed E-state index contributed by atoms with van der Waals surface area (Å²) in [6, 6.07) is 3.83. The van der Waals surface area contributed by atoms with Crippen molar-refractivity contribution in [2.24, 2.45) is 0 Å². The number of hydrogen-bond acceptors (Lipinski definition) is 2. The maximum Gasteiger partial charge on any atom is 0.322 e. The molecule has 14 heavy (non-hydrogen) atoms. The van der Waals surface area contributed by atoms with Crippen molar-refractivity contribution in [3.8, 4) is 0 Å². The Kier molecular flexibility index (Phi) is 2.84. The average molecular weight is 208 g/mol. The van der Waals surface area contributed by atoms with Crippen LogP contribution in [0.3, 0.4) is 0 Å². The standard InChI is InChI=1S/C10H12N2OS/c13-10(11-9-5-4-8-14-9)12-6-2-1-3-7-12/h1-2,4-5,8H,3,6-7H2,(H,11,13). The van der Waals surface area contributed by atoms with Crippen molar-refractivity contribution in [1.82, 2.24) is 4.90 Å². The first-order valence-electron chi connectivity index (χ1n) is 4.61. The van der Waals surface area contributed by atoms with Gasteiger partial charge in [-0.2, -0.15) is 0 Å². The van der Waals surface area contributed by atoms with Crippen LogP contribution in [0, 0.1) is 0 Å². The highest BCUT2D eigenvalue weighted by Gasteiger charge is 2.13. The Labute approximate surface area is 87.0 Å². The molecule has 0 atom stereocenters. The van der Waals surface area contributed by atoms with Crippen LogP contribution in [0.5, 0.6) is 0 Å². The van der Waals surface area contributed by atoms with Crippen molar-refractivity contribution in [3.05, 3.63) is 29.7 Å². The molecule has 0 aliphatic carbocycles. The van der Waals surface area contributed by atoms with E-state index in [0.717, 1.165) is 24.5 Å². The summed E-state index contributed by atoms with van der Waals surface area (Å²) in [6.07, 6.45) is 5.09. The molecule has 0 bridgehead atoms. The van der Waals surface area contributed by atoms with Crippen LogP contribution in [0.4, 0.5) is 9.80 Å². The largest absolute Gasteiger partial charge is 0.322 e. The maximum atomic E-state index is 11.7. The van der Waals surface area contributed by atoms with Crippen molar-refractivity contribution in [3.63, 3.8) is 0 Å². The molecule has 2 amide bonds. The van der Waals surface area contributed by atoms with E-state index < -0.39 is 0 Å². The Hall–Kier alpha value is -1.29. The number of urea groups is 1. The third-order valence-electron chi connectivity index (χ3n) is 2.10. The SMILES string of the molecule is O=C(Nc1cccs1)N1CC=CCC1. The molecule has 1 aromatic rings. The van der Waals surface area contributed by atoms with Gasteiger partial charge in [-0.3, -0.25) is 5.32 Å². The maximum absolute atomic E-state index is 11.7. The molecule has 0 aromatic carbocycles. The molecular formula is C10H12N2OS. The number of amides is 2. The van der Waals surface area contributed by atoms with Gasteiger partial charge in [0.05, 0.1) is 5.00 Å². The van der Waals surface area contributed by atoms with E-state index in [9.17, 15) is 4.79 Å². The number of carbonyl (C=O) groups is 1. The smallest absolute Gasteiger partial charge is 0.320 e. The minimum Gasteiger partial charge on any atom is -0.320 e. The summed E-state index contributed by atoms with van der Waals surface area (Å²) in [5, 5.41) is 5.72. The van der Waals surface area contributed by atoms with Crippen LogP contribution in [0.25, 0.3) is 0 Å². The van der Waals surface area contributed by atoms with Crippen molar-refractivity contribution in [1.29, 1.82) is 0 Å². The van der Waals surface area contributed by atoms with Gasteiger partial charge in [-0.05, 0) is 23.9 Å². The second-order valence-corrected chi connectivity index (χ2v) is 4.06. The van der Waals surface area contributed by atoms with Crippen LogP contribution in [0.15, 0.2) is 29.7 Å². The molecule has 0 radical (unpaired) electrons. The number of anilines is 1. The van der Waals surface area contributed by atoms with E-state index in [2.05, 4.69) is 11.4 Å². The van der Waals surface area contributed by atoms with Gasteiger partial charge in [0.15, 0.2) is 0 Å². The van der Waals surface area contributed by atoms with E-state index >= 15 is 0 Å². The van der Waals surface area contributed by atoms with Crippen LogP contribution in [-0.4, -0.2) is 24.0 Å². The Morgan fingerprint density at radius 1 is 1.50 bits per heavy atom. The van der Waals surface area contributed by atoms with Gasteiger partial charge in [-0.25, -0.2) is 4.79 Å². The van der Waals surface area contributed by atoms with Gasteiger partial charge < -0.3 is 4.90 Å². The van der Waals surface area contributed by atoms with Gasteiger partial charge in [0, 0.05) is 13.1 Å². The molecule has 2 heterocycles. The highest BCUT2D eigenvalue weighted by atomic mass is 32.1. The van der Waals surface area contributed by atoms with Crippen LogP contribution >= 0.6 is 11.3 Å². The summed E-state index contributed by atoms with van der Waals surface area (Å²) in [4.78, 5) is 13.5. The van der Waals surface area contributed by atoms with Gasteiger partial charge in [0.1, 0.15) is 0 Å². The molecule has 0 fully saturated rings. The number of thiophene rings is 1. The van der Waals surface area contributed by atoms with Gasteiger partial charge in [-0.1, -0.05) is 12.2 Å². The van der Waals surface area contributed by atoms with Gasteiger partial charge in [0.2, 0.25) is 0 Å². The molecule has 3 nitrogen and oxygen atoms in total. The molecule has 1 N–H and O–H groups in total. The molecule has 0 saturated heterocycles. The highest BCUT2D eigenvalue weighted by Crippen LogP contribution is 2.16. The quantitative estimate of drug-likeness (QED) is 0.707. The lowest BCUT2D eigenvalue weighted by Crippen LogP contribution is -2.36. The van der Waals surface area contributed by atoms with E-state index in [4.69, 9.17) is 0 Å². The lowest BCUT2D eigenvalue weighted by atomic mass is 10.3. The van der Waals surface area contributed by atoms with Gasteiger partial charge in [-0.15, -0.1) is 11.3 Å². The van der Waals surface area contributed by atoms with E-state index in [1.165, 1.54) is 11.3 Å². The van der Waals surface area contributed by atoms with Crippen molar-refractivity contribution >= 4 is 22.4 Å². The molecule has 1 aromatic heterocycles. The zero-order valence-electron chi connectivity index (χ0n) is 7.77. The van der Waals surface area contributed by atoms with Gasteiger partial charge >= 0.3 is 6.03 Å². The number of nitrogens with one attached hydrogen (secondary N) is 1. The first kappa shape index (κ1) is 9.27. The van der Waals surface area contributed by atoms with Crippen molar-refractivity contribution in [2.45, 2.75) is 6.42 Å². The Bertz CT molecular complexity index is 332. The second-order valence-electron chi connectivity index (χ2n) is 3.11. The molecular weight excluding hydrogens is 196 g/mol. The predicted octanol–water partition coefficient (Wildman–Crippen LogP) is 2.54. The number of rotatable bonds is 1. The fourth-order valence-corrected chi connectivity index (χ4v) is 1.97. The Morgan fingerprint density at radius 2 is 2.43 bits per heavy atom. The van der Waals surface area contributed by atoms with Crippen LogP contribution in [0.1, 0.15) is 6.42 Å². The molecule has 0 spiro atoms. The minimum atomic E-state index is -0.00296. The van der Waals surface area contributed by atoms with E-state index in [1.807, 2.05) is 23.6 Å². The zero-order chi connectivity index (χ0) is 9.80. The van der Waals surface area contributed by atoms with Gasteiger partial charge in [0.25, 0.3) is 0 Å². The third-order valence-corrected chi connectivity index (χ3v) is 2.88. The highest BCUT2D eigenvalue weighted by molar-refractivity contribution is 7.14. The van der Waals surface area contributed by atoms with E-state index in [1.54, 1.807) is 4.90 Å².